The lowest BCUT2D eigenvalue weighted by Crippen LogP contribution is -2.50. The highest BCUT2D eigenvalue weighted by molar-refractivity contribution is 5.88. The largest absolute Gasteiger partial charge is 0.459 e. The van der Waals surface area contributed by atoms with Crippen molar-refractivity contribution in [1.29, 1.82) is 0 Å². The van der Waals surface area contributed by atoms with Crippen LogP contribution in [0.3, 0.4) is 0 Å². The van der Waals surface area contributed by atoms with E-state index < -0.39 is 24.0 Å². The van der Waals surface area contributed by atoms with Gasteiger partial charge >= 0.3 is 18.0 Å². The molecule has 244 valence electrons. The van der Waals surface area contributed by atoms with Gasteiger partial charge in [-0.25, -0.2) is 9.59 Å². The lowest BCUT2D eigenvalue weighted by atomic mass is 10.0. The van der Waals surface area contributed by atoms with Crippen molar-refractivity contribution in [2.45, 2.75) is 46.3 Å². The Kier molecular flexibility index (Phi) is 12.7. The van der Waals surface area contributed by atoms with E-state index in [0.717, 1.165) is 22.3 Å². The maximum atomic E-state index is 13.6. The number of rotatable bonds is 14. The van der Waals surface area contributed by atoms with Crippen LogP contribution < -0.4 is 15.4 Å². The first-order valence-electron chi connectivity index (χ1n) is 15.6. The molecule has 2 N–H and O–H groups in total. The summed E-state index contributed by atoms with van der Waals surface area (Å²) in [5, 5.41) is 5.53. The summed E-state index contributed by atoms with van der Waals surface area (Å²) in [6.07, 6.45) is 0.165. The van der Waals surface area contributed by atoms with Gasteiger partial charge in [0.15, 0.2) is 0 Å². The number of nitrogens with one attached hydrogen (secondary N) is 2. The summed E-state index contributed by atoms with van der Waals surface area (Å²) in [4.78, 5) is 52.4. The molecule has 0 heterocycles. The fourth-order valence-electron chi connectivity index (χ4n) is 4.90. The Morgan fingerprint density at radius 2 is 1.36 bits per heavy atom. The van der Waals surface area contributed by atoms with Crippen LogP contribution in [0.25, 0.3) is 11.1 Å². The summed E-state index contributed by atoms with van der Waals surface area (Å²) in [7, 11) is 0. The first-order valence-corrected chi connectivity index (χ1v) is 15.6. The molecule has 9 heteroatoms. The minimum absolute atomic E-state index is 0.0579. The highest BCUT2D eigenvalue weighted by atomic mass is 16.5. The smallest absolute Gasteiger partial charge is 0.329 e. The number of urea groups is 1. The van der Waals surface area contributed by atoms with Crippen LogP contribution in [0.5, 0.6) is 5.75 Å². The number of carbonyl (C=O) groups is 4. The van der Waals surface area contributed by atoms with Gasteiger partial charge in [0, 0.05) is 32.1 Å². The first-order chi connectivity index (χ1) is 22.7. The number of amides is 3. The summed E-state index contributed by atoms with van der Waals surface area (Å²) in [5.41, 5.74) is 4.40. The summed E-state index contributed by atoms with van der Waals surface area (Å²) < 4.78 is 11.1. The SMILES string of the molecule is CC(=O)Nc1ccc(OC(=O)CCN(CC(C)C)C(=O)N[C@@H](Cc2ccc(-c3ccccc3)cc2)C(=O)OCc2ccccc2)cc1. The van der Waals surface area contributed by atoms with Gasteiger partial charge < -0.3 is 25.0 Å². The van der Waals surface area contributed by atoms with Crippen molar-refractivity contribution in [3.63, 3.8) is 0 Å². The Hall–Kier alpha value is -5.44. The van der Waals surface area contributed by atoms with E-state index >= 15 is 0 Å². The van der Waals surface area contributed by atoms with Crippen LogP contribution in [-0.4, -0.2) is 47.9 Å². The molecule has 0 bridgehead atoms. The fourth-order valence-corrected chi connectivity index (χ4v) is 4.90. The zero-order valence-electron chi connectivity index (χ0n) is 27.0. The fraction of sp³-hybridized carbons (Fsp3) is 0.263. The summed E-state index contributed by atoms with van der Waals surface area (Å²) in [5.74, 6) is -0.849. The second-order valence-electron chi connectivity index (χ2n) is 11.6. The predicted octanol–water partition coefficient (Wildman–Crippen LogP) is 6.63. The van der Waals surface area contributed by atoms with Crippen LogP contribution in [0.15, 0.2) is 109 Å². The Labute approximate surface area is 275 Å². The molecular weight excluding hydrogens is 594 g/mol. The summed E-state index contributed by atoms with van der Waals surface area (Å²) in [6.45, 7) is 5.87. The van der Waals surface area contributed by atoms with Crippen molar-refractivity contribution in [2.75, 3.05) is 18.4 Å². The van der Waals surface area contributed by atoms with Crippen molar-refractivity contribution >= 4 is 29.6 Å². The van der Waals surface area contributed by atoms with Gasteiger partial charge in [-0.1, -0.05) is 98.8 Å². The molecule has 0 aromatic heterocycles. The molecule has 0 radical (unpaired) electrons. The molecule has 0 aliphatic carbocycles. The van der Waals surface area contributed by atoms with Gasteiger partial charge in [-0.15, -0.1) is 0 Å². The monoisotopic (exact) mass is 635 g/mol. The molecule has 47 heavy (non-hydrogen) atoms. The minimum atomic E-state index is -0.961. The number of hydrogen-bond donors (Lipinski definition) is 2. The molecule has 0 fully saturated rings. The van der Waals surface area contributed by atoms with Gasteiger partial charge in [-0.3, -0.25) is 9.59 Å². The molecule has 0 aliphatic heterocycles. The number of ether oxygens (including phenoxy) is 2. The van der Waals surface area contributed by atoms with Crippen molar-refractivity contribution in [3.05, 3.63) is 120 Å². The standard InChI is InChI=1S/C38H41N3O6/c1-27(2)25-41(23-22-36(43)47-34-20-18-33(19-21-34)39-28(3)42)38(45)40-35(37(44)46-26-30-10-6-4-7-11-30)24-29-14-16-32(17-15-29)31-12-8-5-9-13-31/h4-21,27,35H,22-26H2,1-3H3,(H,39,42)(H,40,45)/t35-/m0/s1. The van der Waals surface area contributed by atoms with E-state index in [1.165, 1.54) is 11.8 Å². The number of anilines is 1. The maximum Gasteiger partial charge on any atom is 0.329 e. The van der Waals surface area contributed by atoms with Gasteiger partial charge in [0.1, 0.15) is 18.4 Å². The second kappa shape index (κ2) is 17.3. The summed E-state index contributed by atoms with van der Waals surface area (Å²) >= 11 is 0. The first kappa shape index (κ1) is 34.4. The third-order valence-corrected chi connectivity index (χ3v) is 7.17. The lowest BCUT2D eigenvalue weighted by molar-refractivity contribution is -0.147. The van der Waals surface area contributed by atoms with E-state index in [-0.39, 0.29) is 37.8 Å². The average Bonchev–Trinajstić information content (AvgIpc) is 3.07. The Bertz CT molecular complexity index is 1610. The molecule has 9 nitrogen and oxygen atoms in total. The normalized spacial score (nSPS) is 11.3. The van der Waals surface area contributed by atoms with Gasteiger partial charge in [-0.2, -0.15) is 0 Å². The molecule has 4 aromatic carbocycles. The van der Waals surface area contributed by atoms with Crippen LogP contribution >= 0.6 is 0 Å². The average molecular weight is 636 g/mol. The van der Waals surface area contributed by atoms with Gasteiger partial charge in [0.25, 0.3) is 0 Å². The zero-order chi connectivity index (χ0) is 33.6. The summed E-state index contributed by atoms with van der Waals surface area (Å²) in [6, 6.07) is 32.2. The quantitative estimate of drug-likeness (QED) is 0.119. The van der Waals surface area contributed by atoms with Crippen molar-refractivity contribution < 1.29 is 28.7 Å². The lowest BCUT2D eigenvalue weighted by Gasteiger charge is -2.27. The van der Waals surface area contributed by atoms with E-state index in [9.17, 15) is 19.2 Å². The molecule has 0 saturated carbocycles. The Morgan fingerprint density at radius 3 is 1.98 bits per heavy atom. The Morgan fingerprint density at radius 1 is 0.745 bits per heavy atom. The number of benzene rings is 4. The van der Waals surface area contributed by atoms with E-state index in [2.05, 4.69) is 10.6 Å². The van der Waals surface area contributed by atoms with Crippen LogP contribution in [0.4, 0.5) is 10.5 Å². The Balaban J connectivity index is 1.43. The third-order valence-electron chi connectivity index (χ3n) is 7.17. The maximum absolute atomic E-state index is 13.6. The molecule has 0 aliphatic rings. The predicted molar refractivity (Wildman–Crippen MR) is 182 cm³/mol. The van der Waals surface area contributed by atoms with Crippen molar-refractivity contribution in [3.8, 4) is 16.9 Å². The van der Waals surface area contributed by atoms with Gasteiger partial charge in [-0.05, 0) is 52.4 Å². The molecular formula is C38H41N3O6. The molecule has 4 aromatic rings. The molecule has 0 saturated heterocycles. The minimum Gasteiger partial charge on any atom is -0.459 e. The van der Waals surface area contributed by atoms with E-state index in [0.29, 0.717) is 18.0 Å². The molecule has 0 spiro atoms. The molecule has 4 rings (SSSR count). The van der Waals surface area contributed by atoms with Crippen LogP contribution in [0, 0.1) is 5.92 Å². The van der Waals surface area contributed by atoms with Crippen molar-refractivity contribution in [1.82, 2.24) is 10.2 Å². The number of nitrogens with zero attached hydrogens (tertiary/aromatic N) is 1. The number of hydrogen-bond acceptors (Lipinski definition) is 6. The van der Waals surface area contributed by atoms with Crippen molar-refractivity contribution in [2.24, 2.45) is 5.92 Å². The van der Waals surface area contributed by atoms with Crippen LogP contribution in [0.2, 0.25) is 0 Å². The third kappa shape index (κ3) is 11.5. The van der Waals surface area contributed by atoms with Gasteiger partial charge in [0.05, 0.1) is 6.42 Å². The van der Waals surface area contributed by atoms with Crippen LogP contribution in [0.1, 0.15) is 38.3 Å². The number of esters is 2. The highest BCUT2D eigenvalue weighted by Gasteiger charge is 2.26. The second-order valence-corrected chi connectivity index (χ2v) is 11.6. The molecule has 0 unspecified atom stereocenters. The topological polar surface area (TPSA) is 114 Å². The molecule has 1 atom stereocenters. The van der Waals surface area contributed by atoms with E-state index in [1.807, 2.05) is 98.8 Å². The van der Waals surface area contributed by atoms with E-state index in [1.54, 1.807) is 24.3 Å². The molecule has 3 amide bonds. The zero-order valence-corrected chi connectivity index (χ0v) is 27.0. The van der Waals surface area contributed by atoms with Crippen LogP contribution in [-0.2, 0) is 32.1 Å². The van der Waals surface area contributed by atoms with Gasteiger partial charge in [0.2, 0.25) is 5.91 Å². The van der Waals surface area contributed by atoms with E-state index in [4.69, 9.17) is 9.47 Å². The number of carbonyl (C=O) groups excluding carboxylic acids is 4. The highest BCUT2D eigenvalue weighted by Crippen LogP contribution is 2.20.